The highest BCUT2D eigenvalue weighted by molar-refractivity contribution is 8.26. The van der Waals surface area contributed by atoms with E-state index < -0.39 is 17.9 Å². The lowest BCUT2D eigenvalue weighted by atomic mass is 10.0. The first-order valence-electron chi connectivity index (χ1n) is 11.3. The average Bonchev–Trinajstić information content (AvgIpc) is 3.03. The van der Waals surface area contributed by atoms with Crippen molar-refractivity contribution < 1.29 is 24.6 Å². The van der Waals surface area contributed by atoms with Crippen molar-refractivity contribution in [3.63, 3.8) is 0 Å². The summed E-state index contributed by atoms with van der Waals surface area (Å²) in [6.45, 7) is 2.53. The Kier molecular flexibility index (Phi) is 11.3. The maximum atomic E-state index is 13.0. The SMILES string of the molecule is CCCCCCC(=Cc1ccccc1)C=C1SC(=S)N(CCCCC(C(=O)O)C(=O)O)C1=O. The maximum Gasteiger partial charge on any atom is 0.317 e. The minimum Gasteiger partial charge on any atom is -0.481 e. The normalized spacial score (nSPS) is 15.6. The summed E-state index contributed by atoms with van der Waals surface area (Å²) in [5, 5.41) is 17.9. The zero-order valence-corrected chi connectivity index (χ0v) is 20.5. The molecule has 0 unspecified atom stereocenters. The van der Waals surface area contributed by atoms with Crippen molar-refractivity contribution in [2.45, 2.75) is 58.3 Å². The molecule has 0 bridgehead atoms. The van der Waals surface area contributed by atoms with Crippen LogP contribution in [0.5, 0.6) is 0 Å². The summed E-state index contributed by atoms with van der Waals surface area (Å²) < 4.78 is 0.476. The fourth-order valence-corrected chi connectivity index (χ4v) is 4.86. The highest BCUT2D eigenvalue weighted by atomic mass is 32.2. The lowest BCUT2D eigenvalue weighted by Crippen LogP contribution is -2.29. The summed E-state index contributed by atoms with van der Waals surface area (Å²) >= 11 is 6.68. The number of thioether (sulfide) groups is 1. The lowest BCUT2D eigenvalue weighted by Gasteiger charge is -2.14. The summed E-state index contributed by atoms with van der Waals surface area (Å²) in [5.41, 5.74) is 2.17. The Hall–Kier alpha value is -2.45. The maximum absolute atomic E-state index is 13.0. The number of hydrogen-bond donors (Lipinski definition) is 2. The van der Waals surface area contributed by atoms with Gasteiger partial charge in [0.1, 0.15) is 4.32 Å². The van der Waals surface area contributed by atoms with Gasteiger partial charge in [0.15, 0.2) is 5.92 Å². The molecule has 1 amide bonds. The first-order chi connectivity index (χ1) is 15.8. The smallest absolute Gasteiger partial charge is 0.317 e. The molecule has 0 aliphatic carbocycles. The largest absolute Gasteiger partial charge is 0.481 e. The van der Waals surface area contributed by atoms with Crippen molar-refractivity contribution >= 4 is 52.2 Å². The van der Waals surface area contributed by atoms with E-state index in [4.69, 9.17) is 22.4 Å². The highest BCUT2D eigenvalue weighted by Gasteiger charge is 2.32. The van der Waals surface area contributed by atoms with Crippen LogP contribution >= 0.6 is 24.0 Å². The number of benzene rings is 1. The number of rotatable bonds is 14. The van der Waals surface area contributed by atoms with Gasteiger partial charge in [0, 0.05) is 6.54 Å². The summed E-state index contributed by atoms with van der Waals surface area (Å²) in [4.78, 5) is 37.1. The summed E-state index contributed by atoms with van der Waals surface area (Å²) in [6.07, 6.45) is 10.4. The molecule has 1 fully saturated rings. The number of allylic oxidation sites excluding steroid dienone is 2. The van der Waals surface area contributed by atoms with Crippen LogP contribution < -0.4 is 0 Å². The van der Waals surface area contributed by atoms with Crippen LogP contribution in [0.15, 0.2) is 46.9 Å². The molecule has 0 radical (unpaired) electrons. The van der Waals surface area contributed by atoms with Gasteiger partial charge < -0.3 is 10.2 Å². The van der Waals surface area contributed by atoms with Crippen LogP contribution in [0, 0.1) is 5.92 Å². The minimum atomic E-state index is -1.42. The molecule has 8 heteroatoms. The van der Waals surface area contributed by atoms with Gasteiger partial charge >= 0.3 is 11.9 Å². The Morgan fingerprint density at radius 1 is 1.06 bits per heavy atom. The molecule has 0 aromatic heterocycles. The van der Waals surface area contributed by atoms with Gasteiger partial charge in [-0.05, 0) is 42.9 Å². The van der Waals surface area contributed by atoms with Crippen LogP contribution in [0.3, 0.4) is 0 Å². The topological polar surface area (TPSA) is 94.9 Å². The molecule has 0 atom stereocenters. The minimum absolute atomic E-state index is 0.0248. The van der Waals surface area contributed by atoms with Gasteiger partial charge in [0.05, 0.1) is 4.91 Å². The quantitative estimate of drug-likeness (QED) is 0.149. The highest BCUT2D eigenvalue weighted by Crippen LogP contribution is 2.33. The van der Waals surface area contributed by atoms with Crippen LogP contribution in [-0.4, -0.2) is 43.8 Å². The third kappa shape index (κ3) is 8.78. The molecule has 1 heterocycles. The van der Waals surface area contributed by atoms with Crippen LogP contribution in [0.1, 0.15) is 63.9 Å². The third-order valence-electron chi connectivity index (χ3n) is 5.38. The van der Waals surface area contributed by atoms with E-state index in [-0.39, 0.29) is 12.3 Å². The molecule has 0 spiro atoms. The number of unbranched alkanes of at least 4 members (excludes halogenated alkanes) is 4. The van der Waals surface area contributed by atoms with E-state index in [0.717, 1.165) is 36.8 Å². The Morgan fingerprint density at radius 3 is 2.39 bits per heavy atom. The number of hydrogen-bond acceptors (Lipinski definition) is 5. The molecule has 1 aromatic rings. The monoisotopic (exact) mass is 489 g/mol. The molecule has 33 heavy (non-hydrogen) atoms. The van der Waals surface area contributed by atoms with Gasteiger partial charge in [-0.2, -0.15) is 0 Å². The van der Waals surface area contributed by atoms with Crippen LogP contribution in [0.25, 0.3) is 6.08 Å². The van der Waals surface area contributed by atoms with E-state index in [1.54, 1.807) is 0 Å². The third-order valence-corrected chi connectivity index (χ3v) is 6.76. The molecule has 1 aliphatic heterocycles. The second-order valence-corrected chi connectivity index (χ2v) is 9.67. The predicted octanol–water partition coefficient (Wildman–Crippen LogP) is 5.74. The molecule has 6 nitrogen and oxygen atoms in total. The molecular weight excluding hydrogens is 458 g/mol. The van der Waals surface area contributed by atoms with E-state index in [1.807, 2.05) is 36.4 Å². The van der Waals surface area contributed by atoms with Gasteiger partial charge in [-0.25, -0.2) is 0 Å². The fraction of sp³-hybridized carbons (Fsp3) is 0.440. The second-order valence-electron chi connectivity index (χ2n) is 8.00. The van der Waals surface area contributed by atoms with Crippen LogP contribution in [-0.2, 0) is 14.4 Å². The number of amides is 1. The van der Waals surface area contributed by atoms with E-state index in [0.29, 0.717) is 28.6 Å². The number of thiocarbonyl (C=S) groups is 1. The molecular formula is C25H31NO5S2. The van der Waals surface area contributed by atoms with Crippen LogP contribution in [0.4, 0.5) is 0 Å². The van der Waals surface area contributed by atoms with E-state index in [2.05, 4.69) is 13.0 Å². The lowest BCUT2D eigenvalue weighted by molar-refractivity contribution is -0.154. The molecule has 0 saturated carbocycles. The molecule has 1 aromatic carbocycles. The number of nitrogens with zero attached hydrogens (tertiary/aromatic N) is 1. The number of carboxylic acid groups (broad SMARTS) is 2. The van der Waals surface area contributed by atoms with E-state index in [1.165, 1.54) is 23.1 Å². The van der Waals surface area contributed by atoms with Gasteiger partial charge in [0.2, 0.25) is 0 Å². The van der Waals surface area contributed by atoms with Crippen molar-refractivity contribution in [2.75, 3.05) is 6.54 Å². The van der Waals surface area contributed by atoms with Crippen LogP contribution in [0.2, 0.25) is 0 Å². The average molecular weight is 490 g/mol. The molecule has 2 N–H and O–H groups in total. The number of carbonyl (C=O) groups is 3. The van der Waals surface area contributed by atoms with Crippen molar-refractivity contribution in [3.8, 4) is 0 Å². The number of aliphatic carboxylic acids is 2. The van der Waals surface area contributed by atoms with E-state index >= 15 is 0 Å². The Morgan fingerprint density at radius 2 is 1.76 bits per heavy atom. The summed E-state index contributed by atoms with van der Waals surface area (Å²) in [5.74, 6) is -4.25. The zero-order chi connectivity index (χ0) is 24.2. The van der Waals surface area contributed by atoms with Crippen molar-refractivity contribution in [1.82, 2.24) is 4.90 Å². The Labute approximate surface area is 204 Å². The van der Waals surface area contributed by atoms with Gasteiger partial charge in [-0.15, -0.1) is 0 Å². The molecule has 178 valence electrons. The second kappa shape index (κ2) is 14.0. The fourth-order valence-electron chi connectivity index (χ4n) is 3.54. The van der Waals surface area contributed by atoms with Gasteiger partial charge in [0.25, 0.3) is 5.91 Å². The molecule has 1 aliphatic rings. The number of carbonyl (C=O) groups excluding carboxylic acids is 1. The summed E-state index contributed by atoms with van der Waals surface area (Å²) in [7, 11) is 0. The van der Waals surface area contributed by atoms with Crippen molar-refractivity contribution in [3.05, 3.63) is 52.4 Å². The van der Waals surface area contributed by atoms with Crippen molar-refractivity contribution in [1.29, 1.82) is 0 Å². The molecule has 2 rings (SSSR count). The van der Waals surface area contributed by atoms with E-state index in [9.17, 15) is 14.4 Å². The van der Waals surface area contributed by atoms with Gasteiger partial charge in [-0.3, -0.25) is 19.3 Å². The number of carboxylic acids is 2. The zero-order valence-electron chi connectivity index (χ0n) is 18.9. The Bertz CT molecular complexity index is 897. The molecule has 1 saturated heterocycles. The standard InChI is InChI=1S/C25H31NO5S2/c1-2-3-4-6-13-19(16-18-11-7-5-8-12-18)17-21-22(27)26(25(32)33-21)15-10-9-14-20(23(28)29)24(30)31/h5,7-8,11-12,16-17,20H,2-4,6,9-10,13-15H2,1H3,(H,28,29)(H,30,31). The summed E-state index contributed by atoms with van der Waals surface area (Å²) in [6, 6.07) is 10.0. The first-order valence-corrected chi connectivity index (χ1v) is 12.5. The predicted molar refractivity (Wildman–Crippen MR) is 136 cm³/mol. The van der Waals surface area contributed by atoms with Crippen molar-refractivity contribution in [2.24, 2.45) is 5.92 Å². The van der Waals surface area contributed by atoms with Gasteiger partial charge in [-0.1, -0.05) is 93.0 Å². The first kappa shape index (κ1) is 26.8. The Balaban J connectivity index is 2.03.